The van der Waals surface area contributed by atoms with E-state index in [1.54, 1.807) is 32.0 Å². The third-order valence-electron chi connectivity index (χ3n) is 4.76. The van der Waals surface area contributed by atoms with Gasteiger partial charge in [-0.15, -0.1) is 11.3 Å². The van der Waals surface area contributed by atoms with Crippen molar-refractivity contribution < 1.29 is 23.5 Å². The van der Waals surface area contributed by atoms with Crippen molar-refractivity contribution in [3.63, 3.8) is 0 Å². The van der Waals surface area contributed by atoms with Crippen LogP contribution in [0.2, 0.25) is 0 Å². The first-order valence-corrected chi connectivity index (χ1v) is 9.69. The highest BCUT2D eigenvalue weighted by molar-refractivity contribution is 7.14. The fraction of sp³-hybridized carbons (Fsp3) is 0.190. The number of rotatable bonds is 5. The number of ketones is 1. The highest BCUT2D eigenvalue weighted by Crippen LogP contribution is 2.41. The van der Waals surface area contributed by atoms with Crippen LogP contribution in [0, 0.1) is 19.7 Å². The molecule has 4 rings (SSSR count). The lowest BCUT2D eigenvalue weighted by molar-refractivity contribution is -0.130. The molecule has 0 radical (unpaired) electrons. The molecule has 0 saturated heterocycles. The predicted octanol–water partition coefficient (Wildman–Crippen LogP) is 4.27. The lowest BCUT2D eigenvalue weighted by Crippen LogP contribution is -2.31. The van der Waals surface area contributed by atoms with E-state index in [0.717, 1.165) is 0 Å². The molecular weight excluding hydrogens is 395 g/mol. The smallest absolute Gasteiger partial charge is 0.290 e. The van der Waals surface area contributed by atoms with Crippen LogP contribution >= 0.6 is 11.3 Å². The zero-order valence-electron chi connectivity index (χ0n) is 15.7. The Kier molecular flexibility index (Phi) is 4.79. The molecule has 29 heavy (non-hydrogen) atoms. The van der Waals surface area contributed by atoms with Crippen molar-refractivity contribution >= 4 is 23.0 Å². The van der Waals surface area contributed by atoms with Crippen molar-refractivity contribution in [2.75, 3.05) is 0 Å². The van der Waals surface area contributed by atoms with E-state index in [0.29, 0.717) is 21.3 Å². The molecule has 0 fully saturated rings. The van der Waals surface area contributed by atoms with Gasteiger partial charge < -0.3 is 14.4 Å². The summed E-state index contributed by atoms with van der Waals surface area (Å²) in [6, 6.07) is 8.14. The Labute approximate surface area is 169 Å². The van der Waals surface area contributed by atoms with Crippen molar-refractivity contribution in [1.82, 2.24) is 9.88 Å². The number of carbonyl (C=O) groups excluding carboxylic acids is 2. The number of hydrogen-bond donors (Lipinski definition) is 1. The molecule has 1 unspecified atom stereocenters. The summed E-state index contributed by atoms with van der Waals surface area (Å²) in [5.74, 6) is -2.09. The summed E-state index contributed by atoms with van der Waals surface area (Å²) >= 11 is 1.17. The Morgan fingerprint density at radius 3 is 2.66 bits per heavy atom. The third kappa shape index (κ3) is 3.25. The fourth-order valence-electron chi connectivity index (χ4n) is 3.50. The number of carbonyl (C=O) groups is 2. The second kappa shape index (κ2) is 7.29. The van der Waals surface area contributed by atoms with Crippen molar-refractivity contribution in [3.8, 4) is 0 Å². The number of hydrogen-bond acceptors (Lipinski definition) is 6. The van der Waals surface area contributed by atoms with Crippen LogP contribution in [0.1, 0.15) is 37.7 Å². The molecule has 1 atom stereocenters. The molecule has 0 bridgehead atoms. The topological polar surface area (TPSA) is 83.6 Å². The summed E-state index contributed by atoms with van der Waals surface area (Å²) in [5, 5.41) is 11.3. The molecule has 0 saturated carbocycles. The zero-order chi connectivity index (χ0) is 20.7. The minimum absolute atomic E-state index is 0.0215. The first-order valence-electron chi connectivity index (χ1n) is 8.88. The van der Waals surface area contributed by atoms with Gasteiger partial charge in [0.25, 0.3) is 5.91 Å². The first kappa shape index (κ1) is 19.1. The Bertz CT molecular complexity index is 1130. The number of nitrogens with zero attached hydrogens (tertiary/aromatic N) is 2. The van der Waals surface area contributed by atoms with Crippen LogP contribution < -0.4 is 0 Å². The molecule has 2 aromatic heterocycles. The number of Topliss-reactive ketones (excluding diaryl/α,β-unsaturated/α-hetero) is 1. The normalized spacial score (nSPS) is 16.7. The molecule has 1 aromatic carbocycles. The summed E-state index contributed by atoms with van der Waals surface area (Å²) in [6.07, 6.45) is 1.46. The van der Waals surface area contributed by atoms with E-state index in [-0.39, 0.29) is 17.7 Å². The lowest BCUT2D eigenvalue weighted by atomic mass is 9.94. The summed E-state index contributed by atoms with van der Waals surface area (Å²) in [4.78, 5) is 32.0. The quantitative estimate of drug-likeness (QED) is 0.633. The van der Waals surface area contributed by atoms with Gasteiger partial charge >= 0.3 is 0 Å². The van der Waals surface area contributed by atoms with Gasteiger partial charge in [0.1, 0.15) is 11.6 Å². The Balaban J connectivity index is 1.85. The van der Waals surface area contributed by atoms with Crippen molar-refractivity contribution in [1.29, 1.82) is 0 Å². The number of aliphatic hydroxyl groups excluding tert-OH is 1. The van der Waals surface area contributed by atoms with Crippen LogP contribution in [-0.4, -0.2) is 26.7 Å². The first-order chi connectivity index (χ1) is 13.9. The van der Waals surface area contributed by atoms with E-state index in [9.17, 15) is 19.1 Å². The number of furan rings is 1. The highest BCUT2D eigenvalue weighted by Gasteiger charge is 2.45. The van der Waals surface area contributed by atoms with Crippen molar-refractivity contribution in [2.45, 2.75) is 26.4 Å². The van der Waals surface area contributed by atoms with Crippen LogP contribution in [0.4, 0.5) is 4.39 Å². The van der Waals surface area contributed by atoms with Gasteiger partial charge in [0.2, 0.25) is 5.78 Å². The monoisotopic (exact) mass is 412 g/mol. The predicted molar refractivity (Wildman–Crippen MR) is 104 cm³/mol. The number of thiazole rings is 1. The van der Waals surface area contributed by atoms with Gasteiger partial charge in [0.15, 0.2) is 5.76 Å². The van der Waals surface area contributed by atoms with Gasteiger partial charge in [-0.3, -0.25) is 9.59 Å². The van der Waals surface area contributed by atoms with E-state index in [1.165, 1.54) is 40.7 Å². The fourth-order valence-corrected chi connectivity index (χ4v) is 4.38. The number of aryl methyl sites for hydroxylation is 2. The summed E-state index contributed by atoms with van der Waals surface area (Å²) in [5.41, 5.74) is 0.471. The van der Waals surface area contributed by atoms with Crippen LogP contribution in [-0.2, 0) is 11.3 Å². The maximum Gasteiger partial charge on any atom is 0.290 e. The van der Waals surface area contributed by atoms with E-state index < -0.39 is 29.3 Å². The molecular formula is C21H17FN2O4S. The summed E-state index contributed by atoms with van der Waals surface area (Å²) in [7, 11) is 0. The van der Waals surface area contributed by atoms with E-state index >= 15 is 0 Å². The number of halogens is 1. The molecule has 3 aromatic rings. The average molecular weight is 412 g/mol. The van der Waals surface area contributed by atoms with Gasteiger partial charge in [-0.1, -0.05) is 18.2 Å². The number of aliphatic hydroxyl groups is 1. The minimum atomic E-state index is -1.08. The van der Waals surface area contributed by atoms with Gasteiger partial charge in [0.05, 0.1) is 40.0 Å². The van der Waals surface area contributed by atoms with Gasteiger partial charge in [-0.05, 0) is 32.0 Å². The SMILES string of the molecule is Cc1nc(C)c(C(=O)C2=C(O)C(=O)N(Cc3ccco3)C2c2ccccc2F)s1. The Hall–Kier alpha value is -3.26. The summed E-state index contributed by atoms with van der Waals surface area (Å²) in [6.45, 7) is 3.43. The maximum absolute atomic E-state index is 14.7. The van der Waals surface area contributed by atoms with E-state index in [2.05, 4.69) is 4.98 Å². The van der Waals surface area contributed by atoms with Gasteiger partial charge in [0, 0.05) is 5.56 Å². The molecule has 1 amide bonds. The Morgan fingerprint density at radius 1 is 1.28 bits per heavy atom. The standard InChI is InChI=1S/C21H17FN2O4S/c1-11-20(29-12(2)23-11)18(25)16-17(14-7-3-4-8-15(14)22)24(21(27)19(16)26)10-13-6-5-9-28-13/h3-9,17,26H,10H2,1-2H3. The molecule has 1 N–H and O–H groups in total. The van der Waals surface area contributed by atoms with Gasteiger partial charge in [-0.25, -0.2) is 9.37 Å². The molecule has 1 aliphatic rings. The largest absolute Gasteiger partial charge is 0.503 e. The van der Waals surface area contributed by atoms with Crippen LogP contribution in [0.3, 0.4) is 0 Å². The van der Waals surface area contributed by atoms with Crippen molar-refractivity contribution in [2.24, 2.45) is 0 Å². The Morgan fingerprint density at radius 2 is 2.03 bits per heavy atom. The third-order valence-corrected chi connectivity index (χ3v) is 5.84. The average Bonchev–Trinajstić information content (AvgIpc) is 3.37. The molecule has 6 nitrogen and oxygen atoms in total. The minimum Gasteiger partial charge on any atom is -0.503 e. The van der Waals surface area contributed by atoms with Crippen molar-refractivity contribution in [3.05, 3.63) is 86.7 Å². The second-order valence-corrected chi connectivity index (χ2v) is 7.88. The molecule has 148 valence electrons. The number of aromatic nitrogens is 1. The van der Waals surface area contributed by atoms with Crippen LogP contribution in [0.15, 0.2) is 58.4 Å². The molecule has 8 heteroatoms. The zero-order valence-corrected chi connectivity index (χ0v) is 16.5. The molecule has 1 aliphatic heterocycles. The van der Waals surface area contributed by atoms with Crippen LogP contribution in [0.25, 0.3) is 0 Å². The molecule has 0 aliphatic carbocycles. The molecule has 0 spiro atoms. The molecule has 3 heterocycles. The highest BCUT2D eigenvalue weighted by atomic mass is 32.1. The second-order valence-electron chi connectivity index (χ2n) is 6.68. The van der Waals surface area contributed by atoms with Gasteiger partial charge in [-0.2, -0.15) is 0 Å². The van der Waals surface area contributed by atoms with E-state index in [4.69, 9.17) is 4.42 Å². The van der Waals surface area contributed by atoms with Crippen LogP contribution in [0.5, 0.6) is 0 Å². The summed E-state index contributed by atoms with van der Waals surface area (Å²) < 4.78 is 20.0. The van der Waals surface area contributed by atoms with E-state index in [1.807, 2.05) is 0 Å². The number of benzene rings is 1. The lowest BCUT2D eigenvalue weighted by Gasteiger charge is -2.26. The number of amides is 1. The maximum atomic E-state index is 14.7.